The smallest absolute Gasteiger partial charge is 0.315 e. The average Bonchev–Trinajstić information content (AvgIpc) is 2.74. The molecule has 29 heavy (non-hydrogen) atoms. The lowest BCUT2D eigenvalue weighted by atomic mass is 10.0. The fourth-order valence-corrected chi connectivity index (χ4v) is 4.07. The van der Waals surface area contributed by atoms with Crippen LogP contribution in [-0.2, 0) is 6.42 Å². The van der Waals surface area contributed by atoms with Crippen molar-refractivity contribution in [2.75, 3.05) is 50.8 Å². The third-order valence-electron chi connectivity index (χ3n) is 5.47. The number of para-hydroxylation sites is 1. The number of piperazine rings is 1. The Morgan fingerprint density at radius 3 is 2.76 bits per heavy atom. The second kappa shape index (κ2) is 9.37. The Morgan fingerprint density at radius 2 is 1.93 bits per heavy atom. The van der Waals surface area contributed by atoms with Gasteiger partial charge in [0, 0.05) is 50.0 Å². The Labute approximate surface area is 176 Å². The molecule has 4 rings (SSSR count). The predicted octanol–water partition coefficient (Wildman–Crippen LogP) is 2.76. The molecule has 2 aromatic carbocycles. The van der Waals surface area contributed by atoms with Crippen molar-refractivity contribution in [3.05, 3.63) is 59.1 Å². The van der Waals surface area contributed by atoms with Gasteiger partial charge in [0.25, 0.3) is 0 Å². The molecule has 0 aliphatic carbocycles. The lowest BCUT2D eigenvalue weighted by Gasteiger charge is -2.36. The van der Waals surface area contributed by atoms with Gasteiger partial charge in [0.1, 0.15) is 12.4 Å². The number of fused-ring (bicyclic) bond motifs is 1. The summed E-state index contributed by atoms with van der Waals surface area (Å²) in [6.45, 7) is 5.87. The Morgan fingerprint density at radius 1 is 1.10 bits per heavy atom. The number of hydrogen-bond donors (Lipinski definition) is 2. The van der Waals surface area contributed by atoms with Gasteiger partial charge in [0.05, 0.1) is 6.04 Å². The standard InChI is InChI=1S/C22H27ClN4O2/c23-18-5-3-6-20(15-18)27-12-10-26(11-13-27)9-8-24-22(28)25-19-14-17-4-1-2-7-21(17)29-16-19/h1-7,15,19H,8-14,16H2,(H2,24,25,28)/t19-/m1/s1. The zero-order valence-corrected chi connectivity index (χ0v) is 17.2. The molecule has 0 saturated carbocycles. The van der Waals surface area contributed by atoms with Crippen LogP contribution in [0.4, 0.5) is 10.5 Å². The number of benzene rings is 2. The number of rotatable bonds is 5. The number of urea groups is 1. The molecule has 1 fully saturated rings. The summed E-state index contributed by atoms with van der Waals surface area (Å²) in [4.78, 5) is 16.9. The first-order valence-corrected chi connectivity index (χ1v) is 10.5. The molecule has 0 aromatic heterocycles. The summed E-state index contributed by atoms with van der Waals surface area (Å²) in [5.41, 5.74) is 2.31. The normalized spacial score (nSPS) is 19.2. The molecule has 0 unspecified atom stereocenters. The van der Waals surface area contributed by atoms with E-state index >= 15 is 0 Å². The van der Waals surface area contributed by atoms with E-state index in [1.165, 1.54) is 5.69 Å². The quantitative estimate of drug-likeness (QED) is 0.789. The Kier molecular flexibility index (Phi) is 6.42. The molecule has 6 nitrogen and oxygen atoms in total. The second-order valence-corrected chi connectivity index (χ2v) is 7.97. The summed E-state index contributed by atoms with van der Waals surface area (Å²) in [7, 11) is 0. The molecule has 2 aliphatic rings. The van der Waals surface area contributed by atoms with E-state index in [-0.39, 0.29) is 12.1 Å². The van der Waals surface area contributed by atoms with Gasteiger partial charge in [-0.3, -0.25) is 4.90 Å². The van der Waals surface area contributed by atoms with Gasteiger partial charge in [-0.1, -0.05) is 35.9 Å². The van der Waals surface area contributed by atoms with Crippen LogP contribution in [-0.4, -0.2) is 62.8 Å². The average molecular weight is 415 g/mol. The molecular formula is C22H27ClN4O2. The largest absolute Gasteiger partial charge is 0.491 e. The summed E-state index contributed by atoms with van der Waals surface area (Å²) in [5, 5.41) is 6.76. The third-order valence-corrected chi connectivity index (χ3v) is 5.71. The van der Waals surface area contributed by atoms with Gasteiger partial charge >= 0.3 is 6.03 Å². The van der Waals surface area contributed by atoms with E-state index in [1.807, 2.05) is 42.5 Å². The number of hydrogen-bond acceptors (Lipinski definition) is 4. The van der Waals surface area contributed by atoms with Crippen molar-refractivity contribution in [1.29, 1.82) is 0 Å². The minimum atomic E-state index is -0.129. The summed E-state index contributed by atoms with van der Waals surface area (Å²) in [5.74, 6) is 0.919. The van der Waals surface area contributed by atoms with Gasteiger partial charge in [-0.05, 0) is 36.2 Å². The fourth-order valence-electron chi connectivity index (χ4n) is 3.89. The van der Waals surface area contributed by atoms with E-state index in [2.05, 4.69) is 26.5 Å². The van der Waals surface area contributed by atoms with Gasteiger partial charge in [-0.15, -0.1) is 0 Å². The maximum absolute atomic E-state index is 12.2. The second-order valence-electron chi connectivity index (χ2n) is 7.53. The molecule has 154 valence electrons. The number of halogens is 1. The van der Waals surface area contributed by atoms with E-state index in [1.54, 1.807) is 0 Å². The molecular weight excluding hydrogens is 388 g/mol. The SMILES string of the molecule is O=C(NCCN1CCN(c2cccc(Cl)c2)CC1)N[C@H]1COc2ccccc2C1. The highest BCUT2D eigenvalue weighted by molar-refractivity contribution is 6.30. The molecule has 2 heterocycles. The minimum absolute atomic E-state index is 0.00569. The Balaban J connectivity index is 1.14. The molecule has 2 amide bonds. The molecule has 7 heteroatoms. The topological polar surface area (TPSA) is 56.8 Å². The molecule has 0 spiro atoms. The molecule has 2 aromatic rings. The van der Waals surface area contributed by atoms with Crippen molar-refractivity contribution in [2.24, 2.45) is 0 Å². The van der Waals surface area contributed by atoms with Crippen LogP contribution in [0.1, 0.15) is 5.56 Å². The van der Waals surface area contributed by atoms with Crippen LogP contribution in [0, 0.1) is 0 Å². The van der Waals surface area contributed by atoms with Crippen LogP contribution in [0.5, 0.6) is 5.75 Å². The van der Waals surface area contributed by atoms with Crippen molar-refractivity contribution >= 4 is 23.3 Å². The van der Waals surface area contributed by atoms with Crippen molar-refractivity contribution in [2.45, 2.75) is 12.5 Å². The molecule has 1 saturated heterocycles. The number of nitrogens with zero attached hydrogens (tertiary/aromatic N) is 2. The van der Waals surface area contributed by atoms with E-state index in [0.29, 0.717) is 13.2 Å². The molecule has 2 aliphatic heterocycles. The Hall–Kier alpha value is -2.44. The van der Waals surface area contributed by atoms with E-state index in [9.17, 15) is 4.79 Å². The van der Waals surface area contributed by atoms with Crippen LogP contribution in [0.2, 0.25) is 5.02 Å². The van der Waals surface area contributed by atoms with Crippen molar-refractivity contribution in [3.8, 4) is 5.75 Å². The Bertz CT molecular complexity index is 839. The van der Waals surface area contributed by atoms with Gasteiger partial charge in [-0.25, -0.2) is 4.79 Å². The highest BCUT2D eigenvalue weighted by Crippen LogP contribution is 2.24. The van der Waals surface area contributed by atoms with Crippen molar-refractivity contribution in [1.82, 2.24) is 15.5 Å². The van der Waals surface area contributed by atoms with Gasteiger partial charge in [0.2, 0.25) is 0 Å². The van der Waals surface area contributed by atoms with Crippen molar-refractivity contribution < 1.29 is 9.53 Å². The number of carbonyl (C=O) groups excluding carboxylic acids is 1. The zero-order chi connectivity index (χ0) is 20.1. The minimum Gasteiger partial charge on any atom is -0.491 e. The zero-order valence-electron chi connectivity index (χ0n) is 16.4. The maximum atomic E-state index is 12.2. The monoisotopic (exact) mass is 414 g/mol. The maximum Gasteiger partial charge on any atom is 0.315 e. The molecule has 1 atom stereocenters. The molecule has 0 radical (unpaired) electrons. The molecule has 0 bridgehead atoms. The van der Waals surface area contributed by atoms with Crippen LogP contribution in [0.25, 0.3) is 0 Å². The summed E-state index contributed by atoms with van der Waals surface area (Å²) < 4.78 is 5.73. The van der Waals surface area contributed by atoms with E-state index < -0.39 is 0 Å². The summed E-state index contributed by atoms with van der Waals surface area (Å²) >= 11 is 6.09. The van der Waals surface area contributed by atoms with E-state index in [4.69, 9.17) is 16.3 Å². The van der Waals surface area contributed by atoms with Crippen LogP contribution >= 0.6 is 11.6 Å². The first kappa shape index (κ1) is 19.9. The predicted molar refractivity (Wildman–Crippen MR) is 116 cm³/mol. The first-order chi connectivity index (χ1) is 14.2. The van der Waals surface area contributed by atoms with Crippen molar-refractivity contribution in [3.63, 3.8) is 0 Å². The highest BCUT2D eigenvalue weighted by atomic mass is 35.5. The lowest BCUT2D eigenvalue weighted by Crippen LogP contribution is -2.51. The van der Waals surface area contributed by atoms with Crippen LogP contribution in [0.3, 0.4) is 0 Å². The molecule has 2 N–H and O–H groups in total. The van der Waals surface area contributed by atoms with Gasteiger partial charge in [0.15, 0.2) is 0 Å². The summed E-state index contributed by atoms with van der Waals surface area (Å²) in [6.07, 6.45) is 0.801. The van der Waals surface area contributed by atoms with Gasteiger partial charge in [-0.2, -0.15) is 0 Å². The first-order valence-electron chi connectivity index (χ1n) is 10.2. The lowest BCUT2D eigenvalue weighted by molar-refractivity contribution is 0.211. The van der Waals surface area contributed by atoms with Crippen LogP contribution in [0.15, 0.2) is 48.5 Å². The van der Waals surface area contributed by atoms with E-state index in [0.717, 1.165) is 55.5 Å². The number of nitrogens with one attached hydrogen (secondary N) is 2. The number of anilines is 1. The van der Waals surface area contributed by atoms with Crippen LogP contribution < -0.4 is 20.3 Å². The fraction of sp³-hybridized carbons (Fsp3) is 0.409. The summed E-state index contributed by atoms with van der Waals surface area (Å²) in [6, 6.07) is 15.9. The number of ether oxygens (including phenoxy) is 1. The number of amides is 2. The van der Waals surface area contributed by atoms with Gasteiger partial charge < -0.3 is 20.3 Å². The highest BCUT2D eigenvalue weighted by Gasteiger charge is 2.21. The number of carbonyl (C=O) groups is 1. The third kappa shape index (κ3) is 5.34.